The molecule has 1 amide bonds. The first-order chi connectivity index (χ1) is 14.9. The summed E-state index contributed by atoms with van der Waals surface area (Å²) in [6.07, 6.45) is 3.09. The number of halogens is 3. The number of carbonyl (C=O) groups excluding carboxylic acids is 1. The van der Waals surface area contributed by atoms with E-state index in [0.29, 0.717) is 44.1 Å². The van der Waals surface area contributed by atoms with Gasteiger partial charge in [-0.15, -0.1) is 0 Å². The normalized spacial score (nSPS) is 23.2. The van der Waals surface area contributed by atoms with Gasteiger partial charge in [-0.25, -0.2) is 4.98 Å². The molecule has 6 nitrogen and oxygen atoms in total. The predicted octanol–water partition coefficient (Wildman–Crippen LogP) is 2.89. The van der Waals surface area contributed by atoms with Gasteiger partial charge in [-0.05, 0) is 48.9 Å². The van der Waals surface area contributed by atoms with Crippen molar-refractivity contribution in [2.75, 3.05) is 36.0 Å². The molecule has 3 heterocycles. The Bertz CT molecular complexity index is 963. The molecule has 0 radical (unpaired) electrons. The number of hydrogen-bond donors (Lipinski definition) is 1. The second-order valence-electron chi connectivity index (χ2n) is 8.61. The van der Waals surface area contributed by atoms with Gasteiger partial charge in [-0.2, -0.15) is 13.2 Å². The molecule has 0 bridgehead atoms. The third kappa shape index (κ3) is 4.05. The van der Waals surface area contributed by atoms with E-state index in [2.05, 4.69) is 25.1 Å². The van der Waals surface area contributed by atoms with Gasteiger partial charge in [0.25, 0.3) is 0 Å². The Morgan fingerprint density at radius 1 is 1.19 bits per heavy atom. The summed E-state index contributed by atoms with van der Waals surface area (Å²) in [6.45, 7) is 2.48. The number of alkyl halides is 3. The number of fused-ring (bicyclic) bond motifs is 3. The van der Waals surface area contributed by atoms with Gasteiger partial charge in [-0.1, -0.05) is 0 Å². The third-order valence-corrected chi connectivity index (χ3v) is 6.51. The van der Waals surface area contributed by atoms with Gasteiger partial charge in [-0.3, -0.25) is 9.78 Å². The Morgan fingerprint density at radius 3 is 2.74 bits per heavy atom. The summed E-state index contributed by atoms with van der Waals surface area (Å²) in [5.41, 5.74) is 0.716. The van der Waals surface area contributed by atoms with E-state index < -0.39 is 17.7 Å². The van der Waals surface area contributed by atoms with Crippen LogP contribution in [-0.4, -0.2) is 48.1 Å². The van der Waals surface area contributed by atoms with Gasteiger partial charge in [0, 0.05) is 44.3 Å². The Labute approximate surface area is 178 Å². The SMILES string of the molecule is O=C(NCC1CC1)C1Cc2cc(C(F)(F)F)ccc2N2CCN(c3cnccn3)CC12. The summed E-state index contributed by atoms with van der Waals surface area (Å²) in [5.74, 6) is 0.785. The summed E-state index contributed by atoms with van der Waals surface area (Å²) in [4.78, 5) is 25.8. The van der Waals surface area contributed by atoms with Crippen LogP contribution < -0.4 is 15.1 Å². The lowest BCUT2D eigenvalue weighted by molar-refractivity contribution is -0.137. The zero-order chi connectivity index (χ0) is 21.6. The van der Waals surface area contributed by atoms with Crippen LogP contribution in [0.3, 0.4) is 0 Å². The lowest BCUT2D eigenvalue weighted by Crippen LogP contribution is -2.61. The van der Waals surface area contributed by atoms with E-state index in [1.165, 1.54) is 6.07 Å². The van der Waals surface area contributed by atoms with E-state index in [9.17, 15) is 18.0 Å². The van der Waals surface area contributed by atoms with Crippen LogP contribution in [0.1, 0.15) is 24.0 Å². The Morgan fingerprint density at radius 2 is 2.03 bits per heavy atom. The Kier molecular flexibility index (Phi) is 4.98. The van der Waals surface area contributed by atoms with Crippen LogP contribution in [0.4, 0.5) is 24.7 Å². The number of rotatable bonds is 4. The van der Waals surface area contributed by atoms with Gasteiger partial charge < -0.3 is 15.1 Å². The van der Waals surface area contributed by atoms with Gasteiger partial charge in [0.15, 0.2) is 0 Å². The molecule has 1 aliphatic carbocycles. The topological polar surface area (TPSA) is 61.4 Å². The molecule has 31 heavy (non-hydrogen) atoms. The molecular formula is C22H24F3N5O. The van der Waals surface area contributed by atoms with Crippen LogP contribution >= 0.6 is 0 Å². The van der Waals surface area contributed by atoms with Crippen LogP contribution in [-0.2, 0) is 17.4 Å². The maximum atomic E-state index is 13.3. The van der Waals surface area contributed by atoms with Crippen LogP contribution in [0.25, 0.3) is 0 Å². The number of hydrogen-bond acceptors (Lipinski definition) is 5. The van der Waals surface area contributed by atoms with E-state index in [-0.39, 0.29) is 11.9 Å². The molecule has 2 fully saturated rings. The highest BCUT2D eigenvalue weighted by molar-refractivity contribution is 5.82. The predicted molar refractivity (Wildman–Crippen MR) is 110 cm³/mol. The molecule has 1 aromatic carbocycles. The van der Waals surface area contributed by atoms with E-state index in [0.717, 1.165) is 30.4 Å². The second kappa shape index (κ2) is 7.69. The first kappa shape index (κ1) is 20.1. The number of carbonyl (C=O) groups is 1. The molecule has 9 heteroatoms. The van der Waals surface area contributed by atoms with Crippen molar-refractivity contribution in [3.05, 3.63) is 47.9 Å². The van der Waals surface area contributed by atoms with Crippen molar-refractivity contribution < 1.29 is 18.0 Å². The number of aromatic nitrogens is 2. The highest BCUT2D eigenvalue weighted by Gasteiger charge is 2.43. The fourth-order valence-corrected chi connectivity index (χ4v) is 4.66. The molecule has 1 N–H and O–H groups in total. The lowest BCUT2D eigenvalue weighted by atomic mass is 9.82. The first-order valence-electron chi connectivity index (χ1n) is 10.7. The zero-order valence-electron chi connectivity index (χ0n) is 17.0. The van der Waals surface area contributed by atoms with Crippen molar-refractivity contribution in [2.24, 2.45) is 11.8 Å². The molecule has 2 unspecified atom stereocenters. The highest BCUT2D eigenvalue weighted by atomic mass is 19.4. The molecule has 5 rings (SSSR count). The van der Waals surface area contributed by atoms with E-state index in [1.54, 1.807) is 24.7 Å². The molecule has 164 valence electrons. The minimum absolute atomic E-state index is 0.0778. The van der Waals surface area contributed by atoms with Crippen molar-refractivity contribution in [3.63, 3.8) is 0 Å². The zero-order valence-corrected chi connectivity index (χ0v) is 17.0. The van der Waals surface area contributed by atoms with E-state index in [1.807, 2.05) is 0 Å². The molecule has 1 saturated heterocycles. The highest BCUT2D eigenvalue weighted by Crippen LogP contribution is 2.40. The van der Waals surface area contributed by atoms with Crippen molar-refractivity contribution >= 4 is 17.4 Å². The Hall–Kier alpha value is -2.84. The van der Waals surface area contributed by atoms with Crippen molar-refractivity contribution in [1.82, 2.24) is 15.3 Å². The Balaban J connectivity index is 1.45. The van der Waals surface area contributed by atoms with Crippen molar-refractivity contribution in [1.29, 1.82) is 0 Å². The van der Waals surface area contributed by atoms with Crippen LogP contribution in [0.15, 0.2) is 36.8 Å². The molecule has 3 aliphatic rings. The summed E-state index contributed by atoms with van der Waals surface area (Å²) < 4.78 is 39.9. The summed E-state index contributed by atoms with van der Waals surface area (Å²) in [6, 6.07) is 3.76. The number of amides is 1. The van der Waals surface area contributed by atoms with Crippen molar-refractivity contribution in [2.45, 2.75) is 31.5 Å². The first-order valence-corrected chi connectivity index (χ1v) is 10.7. The van der Waals surface area contributed by atoms with E-state index in [4.69, 9.17) is 0 Å². The summed E-state index contributed by atoms with van der Waals surface area (Å²) in [7, 11) is 0. The largest absolute Gasteiger partial charge is 0.416 e. The molecule has 0 spiro atoms. The van der Waals surface area contributed by atoms with Gasteiger partial charge in [0.1, 0.15) is 5.82 Å². The minimum Gasteiger partial charge on any atom is -0.364 e. The average Bonchev–Trinajstić information content (AvgIpc) is 3.60. The smallest absolute Gasteiger partial charge is 0.364 e. The lowest BCUT2D eigenvalue weighted by Gasteiger charge is -2.49. The molecule has 2 aromatic rings. The second-order valence-corrected chi connectivity index (χ2v) is 8.61. The number of benzene rings is 1. The summed E-state index contributed by atoms with van der Waals surface area (Å²) in [5, 5.41) is 3.04. The number of nitrogens with one attached hydrogen (secondary N) is 1. The maximum absolute atomic E-state index is 13.3. The minimum atomic E-state index is -4.40. The monoisotopic (exact) mass is 431 g/mol. The van der Waals surface area contributed by atoms with Crippen molar-refractivity contribution in [3.8, 4) is 0 Å². The quantitative estimate of drug-likeness (QED) is 0.807. The fourth-order valence-electron chi connectivity index (χ4n) is 4.66. The molecule has 1 aromatic heterocycles. The maximum Gasteiger partial charge on any atom is 0.416 e. The van der Waals surface area contributed by atoms with Gasteiger partial charge >= 0.3 is 6.18 Å². The standard InChI is InChI=1S/C22H24F3N5O/c23-22(24,25)16-3-4-18-15(9-16)10-17(21(31)28-11-14-1-2-14)19-13-29(7-8-30(18)19)20-12-26-5-6-27-20/h3-6,9,12,14,17,19H,1-2,7-8,10-11,13H2,(H,28,31). The molecule has 2 aliphatic heterocycles. The van der Waals surface area contributed by atoms with Crippen LogP contribution in [0, 0.1) is 11.8 Å². The fraction of sp³-hybridized carbons (Fsp3) is 0.500. The molecule has 2 atom stereocenters. The van der Waals surface area contributed by atoms with Crippen LogP contribution in [0.2, 0.25) is 0 Å². The number of anilines is 2. The number of piperazine rings is 1. The molecule has 1 saturated carbocycles. The van der Waals surface area contributed by atoms with Crippen LogP contribution in [0.5, 0.6) is 0 Å². The molecular weight excluding hydrogens is 407 g/mol. The van der Waals surface area contributed by atoms with Gasteiger partial charge in [0.05, 0.1) is 23.7 Å². The van der Waals surface area contributed by atoms with E-state index >= 15 is 0 Å². The summed E-state index contributed by atoms with van der Waals surface area (Å²) >= 11 is 0. The number of nitrogens with zero attached hydrogens (tertiary/aromatic N) is 4. The third-order valence-electron chi connectivity index (χ3n) is 6.51. The van der Waals surface area contributed by atoms with Gasteiger partial charge in [0.2, 0.25) is 5.91 Å². The average molecular weight is 431 g/mol.